The van der Waals surface area contributed by atoms with E-state index in [1.807, 2.05) is 0 Å². The Hall–Kier alpha value is -6.76. The molecule has 1 fully saturated rings. The van der Waals surface area contributed by atoms with E-state index in [2.05, 4.69) is 16.0 Å². The van der Waals surface area contributed by atoms with Crippen molar-refractivity contribution in [1.82, 2.24) is 21.0 Å². The van der Waals surface area contributed by atoms with E-state index in [0.29, 0.717) is 21.6 Å². The molecule has 1 aliphatic carbocycles. The van der Waals surface area contributed by atoms with Crippen LogP contribution >= 0.6 is 11.8 Å². The largest absolute Gasteiger partial charge is 0.508 e. The number of carboxylic acids is 2. The van der Waals surface area contributed by atoms with Gasteiger partial charge in [-0.1, -0.05) is 13.8 Å². The Morgan fingerprint density at radius 1 is 0.897 bits per heavy atom. The molecule has 0 saturated carbocycles. The Kier molecular flexibility index (Phi) is 13.2. The highest BCUT2D eigenvalue weighted by Gasteiger charge is 2.33. The molecule has 1 atom stereocenters. The van der Waals surface area contributed by atoms with Crippen molar-refractivity contribution in [2.45, 2.75) is 45.6 Å². The normalized spacial score (nSPS) is 13.3. The van der Waals surface area contributed by atoms with Gasteiger partial charge in [-0.05, 0) is 53.4 Å². The molecule has 0 spiro atoms. The zero-order valence-electron chi connectivity index (χ0n) is 31.1. The highest BCUT2D eigenvalue weighted by Crippen LogP contribution is 2.42. The van der Waals surface area contributed by atoms with Gasteiger partial charge in [-0.3, -0.25) is 33.6 Å². The molecule has 304 valence electrons. The molecular formula is C39H38N4O14S. The number of fused-ring (bicyclic) bond motifs is 2. The molecule has 3 aliphatic rings. The number of nitrogens with one attached hydrogen (secondary N) is 3. The average Bonchev–Trinajstić information content (AvgIpc) is 3.48. The molecular weight excluding hydrogens is 781 g/mol. The van der Waals surface area contributed by atoms with Gasteiger partial charge < -0.3 is 40.5 Å². The molecule has 18 nitrogen and oxygen atoms in total. The number of hydrogen-bond acceptors (Lipinski definition) is 13. The lowest BCUT2D eigenvalue weighted by atomic mass is 9.89. The summed E-state index contributed by atoms with van der Waals surface area (Å²) >= 11 is 0.976. The Balaban J connectivity index is 1.20. The van der Waals surface area contributed by atoms with Crippen molar-refractivity contribution in [3.8, 4) is 28.2 Å². The number of carbonyl (C=O) groups is 8. The van der Waals surface area contributed by atoms with E-state index in [9.17, 15) is 58.5 Å². The lowest BCUT2D eigenvalue weighted by molar-refractivity contribution is -0.197. The van der Waals surface area contributed by atoms with Crippen molar-refractivity contribution in [1.29, 1.82) is 0 Å². The second kappa shape index (κ2) is 18.0. The van der Waals surface area contributed by atoms with Gasteiger partial charge in [0.1, 0.15) is 23.1 Å². The number of benzene rings is 3. The highest BCUT2D eigenvalue weighted by atomic mass is 32.2. The molecule has 0 aromatic heterocycles. The SMILES string of the molecule is CC(C)(CNC(=O)c1ccc(C(=O)O)c(-c2c3ccc(=O)cc-3oc3cc(O)ccc23)c1)CNC(=O)[C@H](CC(=O)O)NC(=O)CSCCC(=O)ON1C(=O)CCC1=O. The number of hydrogen-bond donors (Lipinski definition) is 6. The number of phenolic OH excluding ortho intramolecular Hbond substituents is 1. The van der Waals surface area contributed by atoms with Crippen LogP contribution in [0, 0.1) is 5.41 Å². The fourth-order valence-corrected chi connectivity index (χ4v) is 6.63. The summed E-state index contributed by atoms with van der Waals surface area (Å²) in [6.07, 6.45) is -1.08. The fourth-order valence-electron chi connectivity index (χ4n) is 5.91. The van der Waals surface area contributed by atoms with Crippen LogP contribution in [0.3, 0.4) is 0 Å². The van der Waals surface area contributed by atoms with Crippen molar-refractivity contribution in [2.24, 2.45) is 5.41 Å². The number of imide groups is 1. The molecule has 58 heavy (non-hydrogen) atoms. The molecule has 2 aromatic rings. The number of rotatable bonds is 17. The number of aromatic hydroxyl groups is 1. The second-order valence-corrected chi connectivity index (χ2v) is 15.1. The quantitative estimate of drug-likeness (QED) is 0.0507. The van der Waals surface area contributed by atoms with Crippen LogP contribution in [0.4, 0.5) is 0 Å². The molecule has 1 saturated heterocycles. The number of aliphatic carboxylic acids is 1. The molecule has 5 amide bonds. The Labute approximate surface area is 333 Å². The number of phenols is 1. The lowest BCUT2D eigenvalue weighted by Gasteiger charge is -2.27. The Bertz CT molecular complexity index is 2340. The van der Waals surface area contributed by atoms with Gasteiger partial charge in [0, 0.05) is 65.9 Å². The van der Waals surface area contributed by atoms with Crippen LogP contribution in [0.1, 0.15) is 60.2 Å². The van der Waals surface area contributed by atoms with Crippen LogP contribution in [0.5, 0.6) is 5.75 Å². The van der Waals surface area contributed by atoms with Crippen molar-refractivity contribution in [3.05, 3.63) is 75.9 Å². The maximum atomic E-state index is 13.5. The van der Waals surface area contributed by atoms with E-state index in [1.165, 1.54) is 54.6 Å². The number of thioether (sulfide) groups is 1. The molecule has 0 radical (unpaired) electrons. The maximum absolute atomic E-state index is 13.5. The van der Waals surface area contributed by atoms with Crippen LogP contribution < -0.4 is 21.4 Å². The Morgan fingerprint density at radius 3 is 2.29 bits per heavy atom. The minimum absolute atomic E-state index is 0.0150. The smallest absolute Gasteiger partial charge is 0.336 e. The molecule has 2 heterocycles. The monoisotopic (exact) mass is 818 g/mol. The summed E-state index contributed by atoms with van der Waals surface area (Å²) in [5, 5.41) is 38.1. The summed E-state index contributed by atoms with van der Waals surface area (Å²) in [5.41, 5.74) is -0.212. The van der Waals surface area contributed by atoms with Crippen LogP contribution in [-0.4, -0.2) is 98.5 Å². The first-order valence-corrected chi connectivity index (χ1v) is 18.9. The summed E-state index contributed by atoms with van der Waals surface area (Å²) in [4.78, 5) is 115. The topological polar surface area (TPSA) is 276 Å². The first-order valence-electron chi connectivity index (χ1n) is 17.7. The standard InChI is InChI=1S/C39H38N4O14S/c1-39(2,19-41-37(53)27(16-33(49)50)42-30(46)17-58-12-11-34(51)57-43-31(47)9-10-32(43)48)18-40-36(52)20-3-6-23(38(54)55)26(13-20)35-24-7-4-21(44)14-28(24)56-29-15-22(45)5-8-25(29)35/h3-8,13-15,27,44H,9-12,16-19H2,1-2H3,(H,40,52)(H,41,53)(H,42,46)(H,49,50)(H,54,55)/t27-/m0/s1. The number of aromatic carboxylic acids is 1. The number of amides is 5. The highest BCUT2D eigenvalue weighted by molar-refractivity contribution is 7.99. The van der Waals surface area contributed by atoms with Gasteiger partial charge >= 0.3 is 17.9 Å². The van der Waals surface area contributed by atoms with E-state index in [0.717, 1.165) is 11.8 Å². The molecule has 19 heteroatoms. The van der Waals surface area contributed by atoms with Crippen molar-refractivity contribution in [3.63, 3.8) is 0 Å². The zero-order valence-corrected chi connectivity index (χ0v) is 31.9. The number of carboxylic acid groups (broad SMARTS) is 2. The van der Waals surface area contributed by atoms with Crippen LogP contribution in [-0.2, 0) is 33.6 Å². The van der Waals surface area contributed by atoms with Crippen molar-refractivity contribution < 1.29 is 62.9 Å². The summed E-state index contributed by atoms with van der Waals surface area (Å²) in [6, 6.07) is 10.8. The third-order valence-electron chi connectivity index (χ3n) is 8.84. The molecule has 6 N–H and O–H groups in total. The average molecular weight is 819 g/mol. The Morgan fingerprint density at radius 2 is 1.60 bits per heavy atom. The van der Waals surface area contributed by atoms with Gasteiger partial charge in [-0.2, -0.15) is 11.8 Å². The lowest BCUT2D eigenvalue weighted by Crippen LogP contribution is -2.51. The van der Waals surface area contributed by atoms with E-state index in [4.69, 9.17) is 9.25 Å². The third-order valence-corrected chi connectivity index (χ3v) is 9.80. The van der Waals surface area contributed by atoms with Gasteiger partial charge in [0.25, 0.3) is 17.7 Å². The number of hydroxylamine groups is 2. The van der Waals surface area contributed by atoms with E-state index >= 15 is 0 Å². The molecule has 0 bridgehead atoms. The number of carbonyl (C=O) groups excluding carboxylic acids is 6. The van der Waals surface area contributed by atoms with E-state index in [-0.39, 0.29) is 83.1 Å². The van der Waals surface area contributed by atoms with Gasteiger partial charge in [-0.25, -0.2) is 9.59 Å². The maximum Gasteiger partial charge on any atom is 0.336 e. The van der Waals surface area contributed by atoms with E-state index in [1.54, 1.807) is 13.8 Å². The van der Waals surface area contributed by atoms with Crippen molar-refractivity contribution >= 4 is 70.2 Å². The summed E-state index contributed by atoms with van der Waals surface area (Å²) < 4.78 is 5.87. The van der Waals surface area contributed by atoms with Gasteiger partial charge in [0.05, 0.1) is 24.2 Å². The minimum atomic E-state index is -1.46. The summed E-state index contributed by atoms with van der Waals surface area (Å²) in [6.45, 7) is 3.33. The van der Waals surface area contributed by atoms with Crippen molar-refractivity contribution in [2.75, 3.05) is 24.6 Å². The van der Waals surface area contributed by atoms with Crippen LogP contribution in [0.15, 0.2) is 63.8 Å². The van der Waals surface area contributed by atoms with Gasteiger partial charge in [0.15, 0.2) is 5.43 Å². The van der Waals surface area contributed by atoms with Gasteiger partial charge in [0.2, 0.25) is 11.8 Å². The first kappa shape index (κ1) is 42.4. The predicted octanol–water partition coefficient (Wildman–Crippen LogP) is 2.53. The molecule has 2 aromatic carbocycles. The number of nitrogens with zero attached hydrogens (tertiary/aromatic N) is 1. The van der Waals surface area contributed by atoms with Crippen LogP contribution in [0.25, 0.3) is 33.4 Å². The van der Waals surface area contributed by atoms with E-state index < -0.39 is 65.3 Å². The molecule has 5 rings (SSSR count). The molecule has 2 aliphatic heterocycles. The third kappa shape index (κ3) is 10.5. The predicted molar refractivity (Wildman–Crippen MR) is 206 cm³/mol. The fraction of sp³-hybridized carbons (Fsp3) is 0.308. The molecule has 0 unspecified atom stereocenters. The first-order chi connectivity index (χ1) is 27.4. The summed E-state index contributed by atoms with van der Waals surface area (Å²) in [7, 11) is 0. The zero-order chi connectivity index (χ0) is 42.3. The van der Waals surface area contributed by atoms with Crippen LogP contribution in [0.2, 0.25) is 0 Å². The second-order valence-electron chi connectivity index (χ2n) is 14.0. The van der Waals surface area contributed by atoms with Gasteiger partial charge in [-0.15, -0.1) is 5.06 Å². The summed E-state index contributed by atoms with van der Waals surface area (Å²) in [5.74, 6) is -7.02. The minimum Gasteiger partial charge on any atom is -0.508 e.